The van der Waals surface area contributed by atoms with Crippen LogP contribution in [0.2, 0.25) is 0 Å². The van der Waals surface area contributed by atoms with Crippen LogP contribution in [-0.4, -0.2) is 43.9 Å². The highest BCUT2D eigenvalue weighted by Crippen LogP contribution is 2.32. The predicted molar refractivity (Wildman–Crippen MR) is 164 cm³/mol. The van der Waals surface area contributed by atoms with Gasteiger partial charge in [0.05, 0.1) is 17.1 Å². The van der Waals surface area contributed by atoms with E-state index in [2.05, 4.69) is 26.7 Å². The van der Waals surface area contributed by atoms with E-state index in [1.807, 2.05) is 49.4 Å². The zero-order chi connectivity index (χ0) is 31.3. The minimum atomic E-state index is -4.76. The highest BCUT2D eigenvalue weighted by molar-refractivity contribution is 8.15. The summed E-state index contributed by atoms with van der Waals surface area (Å²) in [5.41, 5.74) is 5.18. The minimum absolute atomic E-state index is 0.0788. The van der Waals surface area contributed by atoms with E-state index in [9.17, 15) is 22.8 Å². The molecule has 1 fully saturated rings. The van der Waals surface area contributed by atoms with E-state index in [-0.39, 0.29) is 29.7 Å². The van der Waals surface area contributed by atoms with Crippen molar-refractivity contribution in [1.29, 1.82) is 0 Å². The average Bonchev–Trinajstić information content (AvgIpc) is 3.61. The standard InChI is InChI=1S/C32H30F3N5O3S/c1-3-6-23-12-11-21(2)17-27(23)40-29(42)19-44-31(40)37-28(41)10-5-8-22-7-4-9-24(18-22)30-36-20-39(38-30)25-13-15-26(16-14-25)43-32(33,34)35/h4,7,9,11-18,20H,3,5-6,8,10,19H2,1-2H3. The van der Waals surface area contributed by atoms with Crippen LogP contribution in [0.3, 0.4) is 0 Å². The number of aromatic nitrogens is 3. The number of hydrogen-bond acceptors (Lipinski definition) is 6. The molecular formula is C32H30F3N5O3S. The fraction of sp³-hybridized carbons (Fsp3) is 0.281. The Hall–Kier alpha value is -4.45. The first-order valence-electron chi connectivity index (χ1n) is 14.1. The number of thioether (sulfide) groups is 1. The number of halogens is 3. The van der Waals surface area contributed by atoms with Gasteiger partial charge in [-0.1, -0.05) is 55.4 Å². The summed E-state index contributed by atoms with van der Waals surface area (Å²) in [5, 5.41) is 4.88. The first-order chi connectivity index (χ1) is 21.1. The van der Waals surface area contributed by atoms with Crippen molar-refractivity contribution in [3.63, 3.8) is 0 Å². The van der Waals surface area contributed by atoms with Crippen LogP contribution < -0.4 is 9.64 Å². The van der Waals surface area contributed by atoms with Crippen LogP contribution in [0.4, 0.5) is 18.9 Å². The van der Waals surface area contributed by atoms with Gasteiger partial charge < -0.3 is 4.74 Å². The molecule has 3 aromatic carbocycles. The van der Waals surface area contributed by atoms with E-state index in [1.54, 1.807) is 4.90 Å². The molecule has 1 aromatic heterocycles. The SMILES string of the molecule is CCCc1ccc(C)cc1N1C(=O)CSC1=NC(=O)CCCc1cccc(-c2ncn(-c3ccc(OC(F)(F)F)cc3)n2)c1. The maximum absolute atomic E-state index is 12.8. The van der Waals surface area contributed by atoms with Gasteiger partial charge in [0.15, 0.2) is 11.0 Å². The number of benzene rings is 3. The summed E-state index contributed by atoms with van der Waals surface area (Å²) < 4.78 is 42.7. The van der Waals surface area contributed by atoms with Gasteiger partial charge >= 0.3 is 6.36 Å². The third-order valence-corrected chi connectivity index (χ3v) is 7.78. The molecule has 228 valence electrons. The monoisotopic (exact) mass is 621 g/mol. The Morgan fingerprint density at radius 1 is 1.07 bits per heavy atom. The number of anilines is 1. The Kier molecular flexibility index (Phi) is 9.48. The molecule has 0 unspecified atom stereocenters. The molecule has 2 heterocycles. The number of ether oxygens (including phenoxy) is 1. The highest BCUT2D eigenvalue weighted by Gasteiger charge is 2.32. The number of carbonyl (C=O) groups is 2. The van der Waals surface area contributed by atoms with Crippen molar-refractivity contribution >= 4 is 34.4 Å². The third-order valence-electron chi connectivity index (χ3n) is 6.85. The number of rotatable bonds is 10. The Bertz CT molecular complexity index is 1690. The Morgan fingerprint density at radius 2 is 1.86 bits per heavy atom. The van der Waals surface area contributed by atoms with Crippen LogP contribution in [0, 0.1) is 6.92 Å². The second-order valence-electron chi connectivity index (χ2n) is 10.3. The van der Waals surface area contributed by atoms with Crippen molar-refractivity contribution in [1.82, 2.24) is 14.8 Å². The predicted octanol–water partition coefficient (Wildman–Crippen LogP) is 7.08. The molecule has 0 atom stereocenters. The first kappa shape index (κ1) is 31.0. The smallest absolute Gasteiger partial charge is 0.406 e. The quantitative estimate of drug-likeness (QED) is 0.188. The largest absolute Gasteiger partial charge is 0.573 e. The second kappa shape index (κ2) is 13.5. The van der Waals surface area contributed by atoms with Crippen molar-refractivity contribution in [2.24, 2.45) is 4.99 Å². The lowest BCUT2D eigenvalue weighted by Gasteiger charge is -2.20. The molecule has 8 nitrogen and oxygen atoms in total. The summed E-state index contributed by atoms with van der Waals surface area (Å²) in [6.07, 6.45) is -0.0899. The van der Waals surface area contributed by atoms with Gasteiger partial charge in [0, 0.05) is 12.0 Å². The minimum Gasteiger partial charge on any atom is -0.406 e. The van der Waals surface area contributed by atoms with E-state index in [0.29, 0.717) is 29.5 Å². The van der Waals surface area contributed by atoms with Crippen LogP contribution in [0.5, 0.6) is 5.75 Å². The van der Waals surface area contributed by atoms with Crippen LogP contribution in [0.25, 0.3) is 17.1 Å². The summed E-state index contributed by atoms with van der Waals surface area (Å²) in [7, 11) is 0. The fourth-order valence-corrected chi connectivity index (χ4v) is 5.71. The molecule has 1 aliphatic heterocycles. The summed E-state index contributed by atoms with van der Waals surface area (Å²) in [6.45, 7) is 4.06. The Labute approximate surface area is 257 Å². The molecule has 4 aromatic rings. The molecule has 12 heteroatoms. The molecule has 0 N–H and O–H groups in total. The molecular weight excluding hydrogens is 591 g/mol. The topological polar surface area (TPSA) is 89.7 Å². The molecule has 5 rings (SSSR count). The summed E-state index contributed by atoms with van der Waals surface area (Å²) in [6, 6.07) is 19.0. The molecule has 0 saturated carbocycles. The van der Waals surface area contributed by atoms with E-state index in [4.69, 9.17) is 0 Å². The zero-order valence-corrected chi connectivity index (χ0v) is 25.0. The van der Waals surface area contributed by atoms with Crippen molar-refractivity contribution < 1.29 is 27.5 Å². The van der Waals surface area contributed by atoms with E-state index >= 15 is 0 Å². The summed E-state index contributed by atoms with van der Waals surface area (Å²) in [5.74, 6) is 0.0240. The van der Waals surface area contributed by atoms with Gasteiger partial charge in [-0.3, -0.25) is 14.5 Å². The van der Waals surface area contributed by atoms with Gasteiger partial charge in [-0.25, -0.2) is 9.67 Å². The number of hydrogen-bond donors (Lipinski definition) is 0. The van der Waals surface area contributed by atoms with Crippen molar-refractivity contribution in [3.05, 3.63) is 89.7 Å². The molecule has 44 heavy (non-hydrogen) atoms. The normalized spacial score (nSPS) is 14.4. The maximum atomic E-state index is 12.8. The summed E-state index contributed by atoms with van der Waals surface area (Å²) >= 11 is 1.29. The Morgan fingerprint density at radius 3 is 2.61 bits per heavy atom. The number of nitrogens with zero attached hydrogens (tertiary/aromatic N) is 5. The highest BCUT2D eigenvalue weighted by atomic mass is 32.2. The van der Waals surface area contributed by atoms with Crippen molar-refractivity contribution in [2.45, 2.75) is 52.3 Å². The second-order valence-corrected chi connectivity index (χ2v) is 11.2. The first-order valence-corrected chi connectivity index (χ1v) is 15.1. The van der Waals surface area contributed by atoms with E-state index in [1.165, 1.54) is 47.0 Å². The molecule has 0 spiro atoms. The number of aryl methyl sites for hydroxylation is 3. The van der Waals surface area contributed by atoms with Crippen LogP contribution in [0.15, 0.2) is 78.0 Å². The van der Waals surface area contributed by atoms with Crippen molar-refractivity contribution in [3.8, 4) is 22.8 Å². The lowest BCUT2D eigenvalue weighted by atomic mass is 10.0. The lowest BCUT2D eigenvalue weighted by molar-refractivity contribution is -0.274. The number of amides is 2. The van der Waals surface area contributed by atoms with Crippen molar-refractivity contribution in [2.75, 3.05) is 10.7 Å². The van der Waals surface area contributed by atoms with Gasteiger partial charge in [0.25, 0.3) is 0 Å². The van der Waals surface area contributed by atoms with E-state index in [0.717, 1.165) is 40.8 Å². The van der Waals surface area contributed by atoms with Crippen LogP contribution in [-0.2, 0) is 22.4 Å². The summed E-state index contributed by atoms with van der Waals surface area (Å²) in [4.78, 5) is 35.9. The lowest BCUT2D eigenvalue weighted by Crippen LogP contribution is -2.31. The zero-order valence-electron chi connectivity index (χ0n) is 24.2. The molecule has 0 radical (unpaired) electrons. The number of aliphatic imine (C=N–C) groups is 1. The van der Waals surface area contributed by atoms with Gasteiger partial charge in [0.2, 0.25) is 11.8 Å². The number of carbonyl (C=O) groups excluding carboxylic acids is 2. The fourth-order valence-electron chi connectivity index (χ4n) is 4.84. The maximum Gasteiger partial charge on any atom is 0.573 e. The van der Waals surface area contributed by atoms with Crippen LogP contribution >= 0.6 is 11.8 Å². The van der Waals surface area contributed by atoms with Gasteiger partial charge in [-0.15, -0.1) is 18.3 Å². The van der Waals surface area contributed by atoms with Gasteiger partial charge in [0.1, 0.15) is 12.1 Å². The van der Waals surface area contributed by atoms with Gasteiger partial charge in [-0.05, 0) is 79.3 Å². The molecule has 0 bridgehead atoms. The molecule has 2 amide bonds. The number of amidine groups is 1. The van der Waals surface area contributed by atoms with Crippen LogP contribution in [0.1, 0.15) is 42.9 Å². The molecule has 0 aliphatic carbocycles. The average molecular weight is 622 g/mol. The molecule has 1 aliphatic rings. The third kappa shape index (κ3) is 7.73. The van der Waals surface area contributed by atoms with E-state index < -0.39 is 6.36 Å². The number of alkyl halides is 3. The molecule has 1 saturated heterocycles. The Balaban J connectivity index is 1.21. The van der Waals surface area contributed by atoms with Gasteiger partial charge in [-0.2, -0.15) is 4.99 Å².